The van der Waals surface area contributed by atoms with Crippen LogP contribution in [0.3, 0.4) is 0 Å². The van der Waals surface area contributed by atoms with Crippen LogP contribution in [0.1, 0.15) is 25.0 Å². The molecule has 0 aliphatic heterocycles. The molecule has 1 saturated carbocycles. The zero-order valence-electron chi connectivity index (χ0n) is 9.37. The van der Waals surface area contributed by atoms with Crippen molar-refractivity contribution in [2.75, 3.05) is 6.54 Å². The second-order valence-corrected chi connectivity index (χ2v) is 4.41. The molecule has 0 atom stereocenters. The smallest absolute Gasteiger partial charge is 0.311 e. The van der Waals surface area contributed by atoms with Gasteiger partial charge in [-0.05, 0) is 25.3 Å². The minimum absolute atomic E-state index is 0.168. The maximum Gasteiger partial charge on any atom is 0.390 e. The predicted molar refractivity (Wildman–Crippen MR) is 55.1 cm³/mol. The van der Waals surface area contributed by atoms with E-state index in [0.29, 0.717) is 12.2 Å². The molecule has 17 heavy (non-hydrogen) atoms. The average Bonchev–Trinajstić information content (AvgIpc) is 2.93. The summed E-state index contributed by atoms with van der Waals surface area (Å²) in [5, 5.41) is 10.7. The minimum Gasteiger partial charge on any atom is -0.311 e. The third-order valence-electron chi connectivity index (χ3n) is 2.65. The van der Waals surface area contributed by atoms with E-state index < -0.39 is 12.6 Å². The maximum atomic E-state index is 12.0. The van der Waals surface area contributed by atoms with Gasteiger partial charge >= 0.3 is 6.18 Å². The molecular weight excluding hydrogens is 233 g/mol. The number of halogens is 3. The molecule has 1 aliphatic rings. The van der Waals surface area contributed by atoms with Crippen LogP contribution in [-0.2, 0) is 13.1 Å². The highest BCUT2D eigenvalue weighted by Crippen LogP contribution is 2.27. The molecule has 1 heterocycles. The van der Waals surface area contributed by atoms with E-state index in [1.807, 2.05) is 0 Å². The van der Waals surface area contributed by atoms with E-state index in [-0.39, 0.29) is 6.54 Å². The summed E-state index contributed by atoms with van der Waals surface area (Å²) in [5.41, 5.74) is 0.688. The molecule has 1 fully saturated rings. The van der Waals surface area contributed by atoms with E-state index in [1.54, 1.807) is 6.20 Å². The van der Waals surface area contributed by atoms with Crippen LogP contribution in [-0.4, -0.2) is 27.7 Å². The molecule has 2 rings (SSSR count). The number of nitrogens with one attached hydrogen (secondary N) is 1. The number of aryl methyl sites for hydroxylation is 1. The van der Waals surface area contributed by atoms with Crippen LogP contribution < -0.4 is 5.32 Å². The Balaban J connectivity index is 1.70. The fourth-order valence-corrected chi connectivity index (χ4v) is 1.50. The van der Waals surface area contributed by atoms with Crippen molar-refractivity contribution in [3.05, 3.63) is 11.9 Å². The molecule has 0 bridgehead atoms. The summed E-state index contributed by atoms with van der Waals surface area (Å²) in [4.78, 5) is 0. The van der Waals surface area contributed by atoms with Gasteiger partial charge in [0.15, 0.2) is 0 Å². The maximum absolute atomic E-state index is 12.0. The Morgan fingerprint density at radius 1 is 1.41 bits per heavy atom. The molecule has 0 radical (unpaired) electrons. The van der Waals surface area contributed by atoms with Crippen molar-refractivity contribution in [1.82, 2.24) is 20.3 Å². The lowest BCUT2D eigenvalue weighted by atomic mass is 10.4. The molecule has 96 valence electrons. The molecule has 1 aromatic rings. The van der Waals surface area contributed by atoms with E-state index >= 15 is 0 Å². The van der Waals surface area contributed by atoms with Gasteiger partial charge in [-0.2, -0.15) is 13.2 Å². The number of rotatable bonds is 6. The Kier molecular flexibility index (Phi) is 3.66. The van der Waals surface area contributed by atoms with E-state index in [0.717, 1.165) is 12.5 Å². The lowest BCUT2D eigenvalue weighted by molar-refractivity contribution is -0.137. The zero-order chi connectivity index (χ0) is 12.3. The molecule has 0 aromatic carbocycles. The molecular formula is C10H15F3N4. The van der Waals surface area contributed by atoms with Crippen LogP contribution in [0, 0.1) is 5.92 Å². The van der Waals surface area contributed by atoms with E-state index in [4.69, 9.17) is 0 Å². The summed E-state index contributed by atoms with van der Waals surface area (Å²) < 4.78 is 37.2. The molecule has 0 amide bonds. The lowest BCUT2D eigenvalue weighted by Gasteiger charge is -2.04. The first-order valence-electron chi connectivity index (χ1n) is 5.69. The van der Waals surface area contributed by atoms with Gasteiger partial charge in [-0.25, -0.2) is 0 Å². The first kappa shape index (κ1) is 12.3. The van der Waals surface area contributed by atoms with Gasteiger partial charge in [-0.1, -0.05) is 5.21 Å². The molecule has 4 nitrogen and oxygen atoms in total. The van der Waals surface area contributed by atoms with Crippen LogP contribution in [0.2, 0.25) is 0 Å². The normalized spacial score (nSPS) is 16.4. The first-order chi connectivity index (χ1) is 8.03. The Labute approximate surface area is 97.2 Å². The largest absolute Gasteiger partial charge is 0.390 e. The fourth-order valence-electron chi connectivity index (χ4n) is 1.50. The van der Waals surface area contributed by atoms with Crippen molar-refractivity contribution in [3.63, 3.8) is 0 Å². The van der Waals surface area contributed by atoms with Crippen LogP contribution in [0.25, 0.3) is 0 Å². The average molecular weight is 248 g/mol. The van der Waals surface area contributed by atoms with Gasteiger partial charge in [0, 0.05) is 12.7 Å². The monoisotopic (exact) mass is 248 g/mol. The molecule has 1 N–H and O–H groups in total. The Morgan fingerprint density at radius 2 is 2.18 bits per heavy atom. The summed E-state index contributed by atoms with van der Waals surface area (Å²) >= 11 is 0. The Bertz CT molecular complexity index is 357. The minimum atomic E-state index is -4.14. The summed E-state index contributed by atoms with van der Waals surface area (Å²) in [6, 6.07) is 0. The third kappa shape index (κ3) is 4.72. The standard InChI is InChI=1S/C10H15F3N4/c11-10(12,13)3-4-17-7-9(15-16-17)6-14-5-8-1-2-8/h7-8,14H,1-6H2. The van der Waals surface area contributed by atoms with Gasteiger partial charge < -0.3 is 5.32 Å². The second-order valence-electron chi connectivity index (χ2n) is 4.41. The van der Waals surface area contributed by atoms with Crippen molar-refractivity contribution in [2.45, 2.75) is 38.5 Å². The van der Waals surface area contributed by atoms with E-state index in [1.165, 1.54) is 17.5 Å². The third-order valence-corrected chi connectivity index (χ3v) is 2.65. The molecule has 1 aliphatic carbocycles. The number of hydrogen-bond acceptors (Lipinski definition) is 3. The van der Waals surface area contributed by atoms with Crippen molar-refractivity contribution < 1.29 is 13.2 Å². The number of aromatic nitrogens is 3. The van der Waals surface area contributed by atoms with Gasteiger partial charge in [0.05, 0.1) is 18.7 Å². The number of hydrogen-bond donors (Lipinski definition) is 1. The summed E-state index contributed by atoms with van der Waals surface area (Å²) in [6.07, 6.45) is -0.913. The predicted octanol–water partition coefficient (Wildman–Crippen LogP) is 1.73. The van der Waals surface area contributed by atoms with Crippen molar-refractivity contribution in [3.8, 4) is 0 Å². The summed E-state index contributed by atoms with van der Waals surface area (Å²) in [7, 11) is 0. The van der Waals surface area contributed by atoms with Crippen LogP contribution >= 0.6 is 0 Å². The fraction of sp³-hybridized carbons (Fsp3) is 0.800. The molecule has 1 aromatic heterocycles. The summed E-state index contributed by atoms with van der Waals surface area (Å²) in [5.74, 6) is 0.773. The molecule has 0 saturated heterocycles. The SMILES string of the molecule is FC(F)(F)CCn1cc(CNCC2CC2)nn1. The Hall–Kier alpha value is -1.11. The highest BCUT2D eigenvalue weighted by molar-refractivity contribution is 4.92. The topological polar surface area (TPSA) is 42.7 Å². The van der Waals surface area contributed by atoms with Crippen LogP contribution in [0.4, 0.5) is 13.2 Å². The van der Waals surface area contributed by atoms with Gasteiger partial charge in [0.25, 0.3) is 0 Å². The summed E-state index contributed by atoms with van der Waals surface area (Å²) in [6.45, 7) is 1.36. The van der Waals surface area contributed by atoms with E-state index in [9.17, 15) is 13.2 Å². The van der Waals surface area contributed by atoms with Gasteiger partial charge in [0.1, 0.15) is 0 Å². The zero-order valence-corrected chi connectivity index (χ0v) is 9.37. The van der Waals surface area contributed by atoms with Crippen molar-refractivity contribution in [1.29, 1.82) is 0 Å². The van der Waals surface area contributed by atoms with Crippen molar-refractivity contribution >= 4 is 0 Å². The first-order valence-corrected chi connectivity index (χ1v) is 5.69. The van der Waals surface area contributed by atoms with Crippen molar-refractivity contribution in [2.24, 2.45) is 5.92 Å². The highest BCUT2D eigenvalue weighted by Gasteiger charge is 2.26. The number of nitrogens with zero attached hydrogens (tertiary/aromatic N) is 3. The molecule has 0 unspecified atom stereocenters. The van der Waals surface area contributed by atoms with E-state index in [2.05, 4.69) is 15.6 Å². The van der Waals surface area contributed by atoms with Gasteiger partial charge in [-0.3, -0.25) is 4.68 Å². The van der Waals surface area contributed by atoms with Crippen LogP contribution in [0.15, 0.2) is 6.20 Å². The number of alkyl halides is 3. The molecule has 0 spiro atoms. The molecule has 7 heteroatoms. The Morgan fingerprint density at radius 3 is 2.82 bits per heavy atom. The quantitative estimate of drug-likeness (QED) is 0.833. The lowest BCUT2D eigenvalue weighted by Crippen LogP contribution is -2.16. The van der Waals surface area contributed by atoms with Gasteiger partial charge in [0.2, 0.25) is 0 Å². The van der Waals surface area contributed by atoms with Crippen LogP contribution in [0.5, 0.6) is 0 Å². The van der Waals surface area contributed by atoms with Gasteiger partial charge in [-0.15, -0.1) is 5.10 Å². The second kappa shape index (κ2) is 5.03. The highest BCUT2D eigenvalue weighted by atomic mass is 19.4.